The molecule has 5 nitrogen and oxygen atoms in total. The Kier molecular flexibility index (Phi) is 6.39. The molecule has 0 aliphatic heterocycles. The molecule has 1 aromatic heterocycles. The molecule has 0 spiro atoms. The van der Waals surface area contributed by atoms with Crippen LogP contribution in [0.15, 0.2) is 30.9 Å². The predicted molar refractivity (Wildman–Crippen MR) is 87.3 cm³/mol. The number of hydrogen-bond donors (Lipinski definition) is 2. The van der Waals surface area contributed by atoms with Crippen LogP contribution in [0.3, 0.4) is 0 Å². The van der Waals surface area contributed by atoms with Gasteiger partial charge in [-0.05, 0) is 26.0 Å². The van der Waals surface area contributed by atoms with Gasteiger partial charge >= 0.3 is 0 Å². The molecule has 0 aliphatic rings. The van der Waals surface area contributed by atoms with Gasteiger partial charge in [0.2, 0.25) is 0 Å². The number of rotatable bonds is 9. The topological polar surface area (TPSA) is 63.0 Å². The maximum absolute atomic E-state index is 14.3. The quantitative estimate of drug-likeness (QED) is 0.690. The van der Waals surface area contributed by atoms with E-state index in [0.717, 1.165) is 31.4 Å². The highest BCUT2D eigenvalue weighted by Crippen LogP contribution is 2.30. The summed E-state index contributed by atoms with van der Waals surface area (Å²) in [5.41, 5.74) is -1.55. The van der Waals surface area contributed by atoms with Crippen LogP contribution < -0.4 is 5.32 Å². The van der Waals surface area contributed by atoms with Crippen molar-refractivity contribution < 1.29 is 13.9 Å². The van der Waals surface area contributed by atoms with Crippen molar-refractivity contribution in [3.8, 4) is 0 Å². The molecule has 0 amide bonds. The van der Waals surface area contributed by atoms with Gasteiger partial charge in [-0.25, -0.2) is 18.4 Å². The van der Waals surface area contributed by atoms with Crippen molar-refractivity contribution in [3.05, 3.63) is 48.1 Å². The maximum Gasteiger partial charge on any atom is 0.137 e. The molecule has 0 aliphatic carbocycles. The monoisotopic (exact) mass is 338 g/mol. The minimum absolute atomic E-state index is 0.0114. The van der Waals surface area contributed by atoms with Crippen LogP contribution in [0.1, 0.15) is 38.7 Å². The van der Waals surface area contributed by atoms with Crippen LogP contribution in [0.25, 0.3) is 0 Å². The number of halogens is 2. The predicted octanol–water partition coefficient (Wildman–Crippen LogP) is 2.61. The summed E-state index contributed by atoms with van der Waals surface area (Å²) >= 11 is 0. The number of hydrogen-bond acceptors (Lipinski definition) is 4. The Morgan fingerprint density at radius 2 is 2.12 bits per heavy atom. The van der Waals surface area contributed by atoms with Gasteiger partial charge in [0, 0.05) is 17.7 Å². The van der Waals surface area contributed by atoms with Crippen molar-refractivity contribution in [2.75, 3.05) is 6.54 Å². The molecule has 0 unspecified atom stereocenters. The summed E-state index contributed by atoms with van der Waals surface area (Å²) in [4.78, 5) is 3.85. The van der Waals surface area contributed by atoms with Crippen molar-refractivity contribution in [2.24, 2.45) is 0 Å². The first-order valence-corrected chi connectivity index (χ1v) is 8.21. The van der Waals surface area contributed by atoms with E-state index in [9.17, 15) is 13.9 Å². The minimum Gasteiger partial charge on any atom is -0.381 e. The third-order valence-electron chi connectivity index (χ3n) is 4.21. The fourth-order valence-electron chi connectivity index (χ4n) is 2.72. The zero-order valence-electron chi connectivity index (χ0n) is 14.0. The average Bonchev–Trinajstić information content (AvgIpc) is 3.03. The molecule has 0 saturated carbocycles. The number of nitrogens with zero attached hydrogens (tertiary/aromatic N) is 3. The molecule has 7 heteroatoms. The van der Waals surface area contributed by atoms with Crippen LogP contribution in [0.4, 0.5) is 8.78 Å². The second kappa shape index (κ2) is 8.30. The van der Waals surface area contributed by atoms with E-state index in [4.69, 9.17) is 0 Å². The lowest BCUT2D eigenvalue weighted by Gasteiger charge is -2.35. The Hall–Kier alpha value is -1.86. The first kappa shape index (κ1) is 18.5. The van der Waals surface area contributed by atoms with E-state index >= 15 is 0 Å². The zero-order valence-corrected chi connectivity index (χ0v) is 14.0. The minimum atomic E-state index is -1.59. The van der Waals surface area contributed by atoms with Crippen molar-refractivity contribution >= 4 is 0 Å². The van der Waals surface area contributed by atoms with Gasteiger partial charge in [0.25, 0.3) is 0 Å². The first-order chi connectivity index (χ1) is 11.5. The standard InChI is InChI=1S/C17H24F2N4O/c1-3-4-5-8-21-13(2)17(24,10-23-12-20-11-22-23)15-7-6-14(18)9-16(15)19/h6-7,9,11-13,21,24H,3-5,8,10H2,1-2H3/t13-,17-/m1/s1. The molecule has 132 valence electrons. The highest BCUT2D eigenvalue weighted by Gasteiger charge is 2.38. The number of aromatic nitrogens is 3. The van der Waals surface area contributed by atoms with Crippen LogP contribution in [0.5, 0.6) is 0 Å². The zero-order chi connectivity index (χ0) is 17.6. The smallest absolute Gasteiger partial charge is 0.137 e. The van der Waals surface area contributed by atoms with Gasteiger partial charge in [-0.1, -0.05) is 25.8 Å². The second-order valence-electron chi connectivity index (χ2n) is 6.02. The van der Waals surface area contributed by atoms with Gasteiger partial charge in [0.15, 0.2) is 0 Å². The Balaban J connectivity index is 2.26. The third-order valence-corrected chi connectivity index (χ3v) is 4.21. The Morgan fingerprint density at radius 3 is 2.75 bits per heavy atom. The Labute approximate surface area is 140 Å². The van der Waals surface area contributed by atoms with E-state index < -0.39 is 23.3 Å². The van der Waals surface area contributed by atoms with Crippen molar-refractivity contribution in [1.29, 1.82) is 0 Å². The molecule has 2 aromatic rings. The first-order valence-electron chi connectivity index (χ1n) is 8.21. The highest BCUT2D eigenvalue weighted by molar-refractivity contribution is 5.27. The molecule has 2 atom stereocenters. The lowest BCUT2D eigenvalue weighted by atomic mass is 9.86. The molecule has 1 heterocycles. The Morgan fingerprint density at radius 1 is 1.33 bits per heavy atom. The van der Waals surface area contributed by atoms with Crippen molar-refractivity contribution in [3.63, 3.8) is 0 Å². The maximum atomic E-state index is 14.3. The second-order valence-corrected chi connectivity index (χ2v) is 6.02. The van der Waals surface area contributed by atoms with Crippen molar-refractivity contribution in [1.82, 2.24) is 20.1 Å². The van der Waals surface area contributed by atoms with Crippen LogP contribution in [0, 0.1) is 11.6 Å². The highest BCUT2D eigenvalue weighted by atomic mass is 19.1. The van der Waals surface area contributed by atoms with E-state index in [1.54, 1.807) is 6.92 Å². The number of benzene rings is 1. The van der Waals surface area contributed by atoms with Crippen LogP contribution >= 0.6 is 0 Å². The van der Waals surface area contributed by atoms with Gasteiger partial charge < -0.3 is 10.4 Å². The summed E-state index contributed by atoms with van der Waals surface area (Å²) in [6.45, 7) is 4.61. The molecule has 0 bridgehead atoms. The Bertz CT molecular complexity index is 636. The summed E-state index contributed by atoms with van der Waals surface area (Å²) in [6.07, 6.45) is 5.93. The van der Waals surface area contributed by atoms with E-state index in [-0.39, 0.29) is 12.1 Å². The molecule has 2 rings (SSSR count). The van der Waals surface area contributed by atoms with E-state index in [1.165, 1.54) is 23.4 Å². The fourth-order valence-corrected chi connectivity index (χ4v) is 2.72. The molecule has 24 heavy (non-hydrogen) atoms. The molecule has 1 aromatic carbocycles. The van der Waals surface area contributed by atoms with E-state index in [0.29, 0.717) is 6.54 Å². The summed E-state index contributed by atoms with van der Waals surface area (Å²) in [5.74, 6) is -1.46. The lowest BCUT2D eigenvalue weighted by Crippen LogP contribution is -2.50. The summed E-state index contributed by atoms with van der Waals surface area (Å²) in [6, 6.07) is 2.75. The summed E-state index contributed by atoms with van der Waals surface area (Å²) in [7, 11) is 0. The van der Waals surface area contributed by atoms with E-state index in [2.05, 4.69) is 22.3 Å². The average molecular weight is 338 g/mol. The van der Waals surface area contributed by atoms with Crippen molar-refractivity contribution in [2.45, 2.75) is 51.3 Å². The molecular formula is C17H24F2N4O. The summed E-state index contributed by atoms with van der Waals surface area (Å²) in [5, 5.41) is 18.5. The van der Waals surface area contributed by atoms with Gasteiger partial charge in [-0.2, -0.15) is 5.10 Å². The molecule has 0 radical (unpaired) electrons. The largest absolute Gasteiger partial charge is 0.381 e. The molecular weight excluding hydrogens is 314 g/mol. The molecule has 0 saturated heterocycles. The normalized spacial score (nSPS) is 15.2. The molecule has 0 fully saturated rings. The van der Waals surface area contributed by atoms with Crippen LogP contribution in [-0.2, 0) is 12.1 Å². The van der Waals surface area contributed by atoms with Crippen LogP contribution in [0.2, 0.25) is 0 Å². The SMILES string of the molecule is CCCCCN[C@H](C)[C@](O)(Cn1cncn1)c1ccc(F)cc1F. The number of nitrogens with one attached hydrogen (secondary N) is 1. The third kappa shape index (κ3) is 4.36. The van der Waals surface area contributed by atoms with E-state index in [1.807, 2.05) is 0 Å². The number of aliphatic hydroxyl groups is 1. The van der Waals surface area contributed by atoms with Crippen LogP contribution in [-0.4, -0.2) is 32.5 Å². The van der Waals surface area contributed by atoms with Gasteiger partial charge in [-0.3, -0.25) is 0 Å². The fraction of sp³-hybridized carbons (Fsp3) is 0.529. The van der Waals surface area contributed by atoms with Gasteiger partial charge in [-0.15, -0.1) is 0 Å². The van der Waals surface area contributed by atoms with Gasteiger partial charge in [0.05, 0.1) is 6.54 Å². The van der Waals surface area contributed by atoms with Gasteiger partial charge in [0.1, 0.15) is 29.9 Å². The molecule has 2 N–H and O–H groups in total. The lowest BCUT2D eigenvalue weighted by molar-refractivity contribution is -0.0200. The number of unbranched alkanes of at least 4 members (excludes halogenated alkanes) is 2. The summed E-state index contributed by atoms with van der Waals surface area (Å²) < 4.78 is 29.0.